The zero-order valence-corrected chi connectivity index (χ0v) is 17.3. The van der Waals surface area contributed by atoms with Crippen LogP contribution in [0, 0.1) is 0 Å². The molecule has 2 rings (SSSR count). The summed E-state index contributed by atoms with van der Waals surface area (Å²) in [5.74, 6) is 1.47. The van der Waals surface area contributed by atoms with Crippen LogP contribution in [0.1, 0.15) is 45.1 Å². The van der Waals surface area contributed by atoms with Crippen molar-refractivity contribution in [3.05, 3.63) is 61.0 Å². The van der Waals surface area contributed by atoms with Crippen molar-refractivity contribution >= 4 is 6.09 Å². The monoisotopic (exact) mass is 390 g/mol. The van der Waals surface area contributed by atoms with E-state index in [2.05, 4.69) is 18.1 Å². The fourth-order valence-electron chi connectivity index (χ4n) is 2.87. The zero-order chi connectivity index (χ0) is 21.2. The largest absolute Gasteiger partial charge is 0.444 e. The van der Waals surface area contributed by atoms with E-state index in [1.54, 1.807) is 29.3 Å². The Bertz CT molecular complexity index is 687. The second kappa shape index (κ2) is 11.3. The van der Waals surface area contributed by atoms with E-state index in [4.69, 9.17) is 9.47 Å². The van der Waals surface area contributed by atoms with Gasteiger partial charge in [0.25, 0.3) is 0 Å². The number of ether oxygens (including phenoxy) is 2. The van der Waals surface area contributed by atoms with E-state index in [1.165, 1.54) is 0 Å². The molecule has 1 saturated heterocycles. The maximum Gasteiger partial charge on any atom is 0.410 e. The van der Waals surface area contributed by atoms with Crippen LogP contribution in [0.2, 0.25) is 0 Å². The van der Waals surface area contributed by atoms with Crippen molar-refractivity contribution in [2.24, 2.45) is 0 Å². The van der Waals surface area contributed by atoms with Crippen molar-refractivity contribution in [2.45, 2.75) is 45.1 Å². The van der Waals surface area contributed by atoms with Crippen LogP contribution in [-0.4, -0.2) is 41.8 Å². The summed E-state index contributed by atoms with van der Waals surface area (Å²) < 4.78 is 20.8. The van der Waals surface area contributed by atoms with Gasteiger partial charge in [0.15, 0.2) is 0 Å². The van der Waals surface area contributed by atoms with Gasteiger partial charge in [-0.05, 0) is 57.7 Å². The van der Waals surface area contributed by atoms with Gasteiger partial charge in [-0.1, -0.05) is 25.3 Å². The first kappa shape index (κ1) is 23.4. The number of nitrogens with zero attached hydrogens (tertiary/aromatic N) is 2. The van der Waals surface area contributed by atoms with Crippen LogP contribution < -0.4 is 4.74 Å². The number of carbonyl (C=O) groups excluding carboxylic acids is 1. The highest BCUT2D eigenvalue weighted by Crippen LogP contribution is 2.34. The number of hydrogen-bond donors (Lipinski definition) is 0. The van der Waals surface area contributed by atoms with Crippen molar-refractivity contribution in [2.75, 3.05) is 20.3 Å². The van der Waals surface area contributed by atoms with Gasteiger partial charge < -0.3 is 14.4 Å². The Balaban J connectivity index is 0.00000190. The van der Waals surface area contributed by atoms with Crippen LogP contribution in [0.5, 0.6) is 5.88 Å². The first-order chi connectivity index (χ1) is 13.3. The van der Waals surface area contributed by atoms with Crippen LogP contribution in [0.4, 0.5) is 9.18 Å². The van der Waals surface area contributed by atoms with E-state index in [9.17, 15) is 9.18 Å². The van der Waals surface area contributed by atoms with Crippen molar-refractivity contribution in [1.82, 2.24) is 9.88 Å². The first-order valence-corrected chi connectivity index (χ1v) is 9.27. The highest BCUT2D eigenvalue weighted by Gasteiger charge is 2.29. The third-order valence-corrected chi connectivity index (χ3v) is 4.08. The molecule has 1 amide bonds. The summed E-state index contributed by atoms with van der Waals surface area (Å²) in [6.07, 6.45) is 8.18. The Morgan fingerprint density at radius 1 is 1.29 bits per heavy atom. The molecule has 6 heteroatoms. The number of aromatic nitrogens is 1. The first-order valence-electron chi connectivity index (χ1n) is 9.27. The lowest BCUT2D eigenvalue weighted by Gasteiger charge is -2.33. The van der Waals surface area contributed by atoms with E-state index in [0.717, 1.165) is 18.4 Å². The van der Waals surface area contributed by atoms with Crippen molar-refractivity contribution in [3.8, 4) is 5.88 Å². The Morgan fingerprint density at radius 2 is 1.93 bits per heavy atom. The molecule has 1 aliphatic rings. The second-order valence-corrected chi connectivity index (χ2v) is 7.25. The maximum absolute atomic E-state index is 12.2. The number of carbonyl (C=O) groups is 1. The summed E-state index contributed by atoms with van der Waals surface area (Å²) >= 11 is 0. The highest BCUT2D eigenvalue weighted by atomic mass is 19.1. The predicted molar refractivity (Wildman–Crippen MR) is 110 cm³/mol. The lowest BCUT2D eigenvalue weighted by molar-refractivity contribution is 0.0204. The molecule has 0 aliphatic carbocycles. The Morgan fingerprint density at radius 3 is 2.46 bits per heavy atom. The summed E-state index contributed by atoms with van der Waals surface area (Å²) in [5, 5.41) is 0. The van der Waals surface area contributed by atoms with Gasteiger partial charge in [-0.3, -0.25) is 4.39 Å². The minimum atomic E-state index is -0.475. The standard InChI is InChI=1S/C21H28N2O3.CH3F/c1-6-9-17(7-2)25-19-18(10-8-13-22-19)16-11-14-23(15-12-16)20(24)26-21(3,4)5;1-2/h6-10,13,16H,1-2,11-12,14-15H2,3-5H3;1H3/b17-9+;. The fraction of sp³-hybridized carbons (Fsp3) is 0.455. The van der Waals surface area contributed by atoms with Gasteiger partial charge in [0, 0.05) is 24.8 Å². The minimum absolute atomic E-state index is 0.249. The van der Waals surface area contributed by atoms with Gasteiger partial charge >= 0.3 is 6.09 Å². The number of likely N-dealkylation sites (tertiary alicyclic amines) is 1. The molecule has 28 heavy (non-hydrogen) atoms. The normalized spacial score (nSPS) is 15.2. The quantitative estimate of drug-likeness (QED) is 0.498. The third-order valence-electron chi connectivity index (χ3n) is 4.08. The van der Waals surface area contributed by atoms with Crippen molar-refractivity contribution in [3.63, 3.8) is 0 Å². The predicted octanol–water partition coefficient (Wildman–Crippen LogP) is 5.42. The molecule has 2 heterocycles. The van der Waals surface area contributed by atoms with Crippen molar-refractivity contribution in [1.29, 1.82) is 0 Å². The van der Waals surface area contributed by atoms with Gasteiger partial charge in [0.2, 0.25) is 5.88 Å². The number of halogens is 1. The second-order valence-electron chi connectivity index (χ2n) is 7.25. The van der Waals surface area contributed by atoms with Crippen molar-refractivity contribution < 1.29 is 18.7 Å². The molecule has 0 saturated carbocycles. The van der Waals surface area contributed by atoms with Crippen LogP contribution in [0.3, 0.4) is 0 Å². The highest BCUT2D eigenvalue weighted by molar-refractivity contribution is 5.68. The average molecular weight is 390 g/mol. The van der Waals surface area contributed by atoms with Gasteiger partial charge in [-0.25, -0.2) is 9.78 Å². The average Bonchev–Trinajstić information content (AvgIpc) is 2.68. The molecule has 1 fully saturated rings. The van der Waals surface area contributed by atoms with Gasteiger partial charge in [0.05, 0.1) is 7.18 Å². The zero-order valence-electron chi connectivity index (χ0n) is 17.3. The molecular weight excluding hydrogens is 359 g/mol. The maximum atomic E-state index is 12.2. The fourth-order valence-corrected chi connectivity index (χ4v) is 2.87. The van der Waals surface area contributed by atoms with E-state index in [0.29, 0.717) is 31.9 Å². The van der Waals surface area contributed by atoms with Gasteiger partial charge in [-0.15, -0.1) is 0 Å². The number of hydrogen-bond acceptors (Lipinski definition) is 4. The summed E-state index contributed by atoms with van der Waals surface area (Å²) in [4.78, 5) is 18.4. The van der Waals surface area contributed by atoms with E-state index < -0.39 is 5.60 Å². The van der Waals surface area contributed by atoms with Gasteiger partial charge in [0.1, 0.15) is 11.4 Å². The molecule has 154 valence electrons. The molecule has 0 unspecified atom stereocenters. The van der Waals surface area contributed by atoms with E-state index in [1.807, 2.05) is 32.9 Å². The van der Waals surface area contributed by atoms with E-state index in [-0.39, 0.29) is 12.0 Å². The number of rotatable bonds is 5. The molecule has 1 aromatic heterocycles. The molecule has 5 nitrogen and oxygen atoms in total. The summed E-state index contributed by atoms with van der Waals surface area (Å²) in [5.41, 5.74) is 0.574. The minimum Gasteiger partial charge on any atom is -0.444 e. The molecule has 0 atom stereocenters. The van der Waals surface area contributed by atoms with Crippen LogP contribution in [-0.2, 0) is 4.74 Å². The lowest BCUT2D eigenvalue weighted by Crippen LogP contribution is -2.41. The molecule has 0 bridgehead atoms. The Labute approximate surface area is 167 Å². The van der Waals surface area contributed by atoms with E-state index >= 15 is 0 Å². The summed E-state index contributed by atoms with van der Waals surface area (Å²) in [6.45, 7) is 14.4. The summed E-state index contributed by atoms with van der Waals surface area (Å²) in [7, 11) is 0.500. The molecular formula is C22H31FN2O3. The molecule has 1 aromatic rings. The summed E-state index contributed by atoms with van der Waals surface area (Å²) in [6, 6.07) is 3.94. The Kier molecular flexibility index (Phi) is 9.42. The Hall–Kier alpha value is -2.63. The molecule has 0 radical (unpaired) electrons. The third kappa shape index (κ3) is 7.18. The van der Waals surface area contributed by atoms with Crippen LogP contribution in [0.25, 0.3) is 0 Å². The number of allylic oxidation sites excluding steroid dienone is 3. The smallest absolute Gasteiger partial charge is 0.410 e. The molecule has 0 spiro atoms. The molecule has 0 N–H and O–H groups in total. The van der Waals surface area contributed by atoms with Crippen LogP contribution in [0.15, 0.2) is 55.5 Å². The number of alkyl halides is 1. The van der Waals surface area contributed by atoms with Crippen LogP contribution >= 0.6 is 0 Å². The number of pyridine rings is 1. The van der Waals surface area contributed by atoms with Gasteiger partial charge in [-0.2, -0.15) is 0 Å². The SMILES string of the molecule is C=C/C=C(\C=C)Oc1ncccc1C1CCN(C(=O)OC(C)(C)C)CC1.CF. The number of piperidine rings is 1. The topological polar surface area (TPSA) is 51.7 Å². The molecule has 1 aliphatic heterocycles. The lowest BCUT2D eigenvalue weighted by atomic mass is 9.90. The molecule has 0 aromatic carbocycles. The number of amides is 1.